The van der Waals surface area contributed by atoms with Crippen LogP contribution >= 0.6 is 0 Å². The first-order chi connectivity index (χ1) is 17.9. The summed E-state index contributed by atoms with van der Waals surface area (Å²) in [6.07, 6.45) is 3.91. The largest absolute Gasteiger partial charge is 0.507 e. The van der Waals surface area contributed by atoms with E-state index in [-0.39, 0.29) is 30.6 Å². The van der Waals surface area contributed by atoms with Gasteiger partial charge >= 0.3 is 5.97 Å². The van der Waals surface area contributed by atoms with Crippen LogP contribution in [0.3, 0.4) is 0 Å². The van der Waals surface area contributed by atoms with Crippen LogP contribution in [0.1, 0.15) is 52.5 Å². The molecule has 0 spiro atoms. The van der Waals surface area contributed by atoms with Gasteiger partial charge in [0, 0.05) is 30.9 Å². The number of esters is 1. The molecule has 0 radical (unpaired) electrons. The molecule has 1 fully saturated rings. The van der Waals surface area contributed by atoms with E-state index in [4.69, 9.17) is 9.47 Å². The van der Waals surface area contributed by atoms with Crippen molar-refractivity contribution in [2.75, 3.05) is 6.61 Å². The Labute approximate surface area is 214 Å². The Morgan fingerprint density at radius 1 is 1.14 bits per heavy atom. The van der Waals surface area contributed by atoms with E-state index in [1.165, 1.54) is 4.90 Å². The zero-order valence-electron chi connectivity index (χ0n) is 20.5. The predicted molar refractivity (Wildman–Crippen MR) is 135 cm³/mol. The van der Waals surface area contributed by atoms with Gasteiger partial charge in [0.05, 0.1) is 23.8 Å². The molecule has 2 aliphatic heterocycles. The molecule has 2 atom stereocenters. The highest BCUT2D eigenvalue weighted by atomic mass is 16.5. The fourth-order valence-corrected chi connectivity index (χ4v) is 4.81. The molecule has 1 amide bonds. The summed E-state index contributed by atoms with van der Waals surface area (Å²) in [4.78, 5) is 44.1. The third-order valence-electron chi connectivity index (χ3n) is 6.53. The molecule has 8 heteroatoms. The number of nitrogens with zero attached hydrogens (tertiary/aromatic N) is 2. The van der Waals surface area contributed by atoms with Crippen molar-refractivity contribution >= 4 is 23.4 Å². The van der Waals surface area contributed by atoms with E-state index < -0.39 is 23.7 Å². The van der Waals surface area contributed by atoms with Crippen LogP contribution in [-0.2, 0) is 27.3 Å². The SMILES string of the molecule is CCOC(=O)c1ccc(CN2C(=O)C(=O)/C(=C(\O)c3ccc4c(c3)CC(C)O4)C2c2cccnc2)cc1. The Hall–Kier alpha value is -4.46. The van der Waals surface area contributed by atoms with Gasteiger partial charge in [-0.15, -0.1) is 0 Å². The van der Waals surface area contributed by atoms with Crippen molar-refractivity contribution in [1.29, 1.82) is 0 Å². The Kier molecular flexibility index (Phi) is 6.48. The van der Waals surface area contributed by atoms with Gasteiger partial charge < -0.3 is 19.5 Å². The summed E-state index contributed by atoms with van der Waals surface area (Å²) in [6.45, 7) is 4.07. The molecule has 2 aliphatic rings. The highest BCUT2D eigenvalue weighted by Crippen LogP contribution is 2.41. The minimum atomic E-state index is -0.832. The number of pyridine rings is 1. The van der Waals surface area contributed by atoms with Crippen LogP contribution in [0, 0.1) is 0 Å². The number of fused-ring (bicyclic) bond motifs is 1. The van der Waals surface area contributed by atoms with E-state index in [0.717, 1.165) is 11.3 Å². The summed E-state index contributed by atoms with van der Waals surface area (Å²) in [5.74, 6) is -1.41. The first kappa shape index (κ1) is 24.2. The average molecular weight is 499 g/mol. The molecule has 188 valence electrons. The predicted octanol–water partition coefficient (Wildman–Crippen LogP) is 4.20. The highest BCUT2D eigenvalue weighted by molar-refractivity contribution is 6.46. The Balaban J connectivity index is 1.53. The quantitative estimate of drug-likeness (QED) is 0.235. The zero-order valence-corrected chi connectivity index (χ0v) is 20.5. The second-order valence-corrected chi connectivity index (χ2v) is 9.09. The second-order valence-electron chi connectivity index (χ2n) is 9.09. The van der Waals surface area contributed by atoms with E-state index >= 15 is 0 Å². The molecule has 8 nitrogen and oxygen atoms in total. The standard InChI is InChI=1S/C29H26N2O6/c1-3-36-29(35)19-8-6-18(7-9-19)16-31-25(21-5-4-12-30-15-21)24(27(33)28(31)34)26(32)20-10-11-23-22(14-20)13-17(2)37-23/h4-12,14-15,17,25,32H,3,13,16H2,1-2H3/b26-24-. The summed E-state index contributed by atoms with van der Waals surface area (Å²) in [6, 6.07) is 14.6. The number of Topliss-reactive ketones (excluding diaryl/α,β-unsaturated/α-hetero) is 1. The van der Waals surface area contributed by atoms with Crippen LogP contribution in [-0.4, -0.2) is 45.4 Å². The van der Waals surface area contributed by atoms with Crippen molar-refractivity contribution in [3.8, 4) is 5.75 Å². The zero-order chi connectivity index (χ0) is 26.1. The summed E-state index contributed by atoms with van der Waals surface area (Å²) >= 11 is 0. The van der Waals surface area contributed by atoms with Gasteiger partial charge in [0.1, 0.15) is 17.6 Å². The number of rotatable bonds is 6. The van der Waals surface area contributed by atoms with Crippen LogP contribution in [0.4, 0.5) is 0 Å². The lowest BCUT2D eigenvalue weighted by atomic mass is 9.95. The van der Waals surface area contributed by atoms with Gasteiger partial charge in [-0.1, -0.05) is 18.2 Å². The fraction of sp³-hybridized carbons (Fsp3) is 0.241. The number of aromatic nitrogens is 1. The van der Waals surface area contributed by atoms with E-state index in [0.29, 0.717) is 28.7 Å². The molecule has 0 bridgehead atoms. The first-order valence-electron chi connectivity index (χ1n) is 12.1. The topological polar surface area (TPSA) is 106 Å². The van der Waals surface area contributed by atoms with Crippen LogP contribution in [0.2, 0.25) is 0 Å². The number of benzene rings is 2. The van der Waals surface area contributed by atoms with Gasteiger partial charge in [-0.2, -0.15) is 0 Å². The van der Waals surface area contributed by atoms with Gasteiger partial charge in [0.25, 0.3) is 11.7 Å². The molecule has 37 heavy (non-hydrogen) atoms. The molecule has 2 unspecified atom stereocenters. The molecule has 3 aromatic rings. The molecular formula is C29H26N2O6. The number of likely N-dealkylation sites (tertiary alicyclic amines) is 1. The van der Waals surface area contributed by atoms with Crippen LogP contribution in [0.25, 0.3) is 5.76 Å². The van der Waals surface area contributed by atoms with Gasteiger partial charge in [0.2, 0.25) is 0 Å². The smallest absolute Gasteiger partial charge is 0.338 e. The molecule has 1 aromatic heterocycles. The lowest BCUT2D eigenvalue weighted by Crippen LogP contribution is -2.29. The molecule has 1 saturated heterocycles. The van der Waals surface area contributed by atoms with Crippen molar-refractivity contribution in [3.05, 3.63) is 100 Å². The molecule has 5 rings (SSSR count). The molecule has 0 saturated carbocycles. The van der Waals surface area contributed by atoms with Gasteiger partial charge in [0.15, 0.2) is 0 Å². The van der Waals surface area contributed by atoms with Crippen LogP contribution in [0.15, 0.2) is 72.6 Å². The lowest BCUT2D eigenvalue weighted by molar-refractivity contribution is -0.140. The summed E-state index contributed by atoms with van der Waals surface area (Å²) in [5, 5.41) is 11.3. The van der Waals surface area contributed by atoms with Crippen LogP contribution < -0.4 is 4.74 Å². The van der Waals surface area contributed by atoms with Gasteiger partial charge in [-0.25, -0.2) is 4.79 Å². The van der Waals surface area contributed by atoms with Crippen molar-refractivity contribution in [2.24, 2.45) is 0 Å². The second kappa shape index (κ2) is 9.89. The van der Waals surface area contributed by atoms with E-state index in [9.17, 15) is 19.5 Å². The van der Waals surface area contributed by atoms with Crippen molar-refractivity contribution in [3.63, 3.8) is 0 Å². The average Bonchev–Trinajstić information content (AvgIpc) is 3.40. The fourth-order valence-electron chi connectivity index (χ4n) is 4.81. The van der Waals surface area contributed by atoms with Crippen molar-refractivity contribution in [1.82, 2.24) is 9.88 Å². The number of aliphatic hydroxyl groups excluding tert-OH is 1. The maximum atomic E-state index is 13.3. The maximum absolute atomic E-state index is 13.3. The summed E-state index contributed by atoms with van der Waals surface area (Å²) in [7, 11) is 0. The van der Waals surface area contributed by atoms with E-state index in [1.807, 2.05) is 6.92 Å². The van der Waals surface area contributed by atoms with E-state index in [1.54, 1.807) is 73.9 Å². The molecular weight excluding hydrogens is 472 g/mol. The monoisotopic (exact) mass is 498 g/mol. The molecule has 3 heterocycles. The Morgan fingerprint density at radius 3 is 2.59 bits per heavy atom. The third kappa shape index (κ3) is 4.58. The number of hydrogen-bond donors (Lipinski definition) is 1. The Morgan fingerprint density at radius 2 is 1.89 bits per heavy atom. The number of ketones is 1. The minimum absolute atomic E-state index is 0.00746. The van der Waals surface area contributed by atoms with Crippen LogP contribution in [0.5, 0.6) is 5.75 Å². The highest BCUT2D eigenvalue weighted by Gasteiger charge is 2.46. The molecule has 0 aliphatic carbocycles. The van der Waals surface area contributed by atoms with E-state index in [2.05, 4.69) is 4.98 Å². The normalized spacial score (nSPS) is 20.0. The van der Waals surface area contributed by atoms with Crippen molar-refractivity contribution in [2.45, 2.75) is 39.0 Å². The summed E-state index contributed by atoms with van der Waals surface area (Å²) < 4.78 is 10.8. The molecule has 1 N–H and O–H groups in total. The maximum Gasteiger partial charge on any atom is 0.338 e. The minimum Gasteiger partial charge on any atom is -0.507 e. The molecule has 2 aromatic carbocycles. The van der Waals surface area contributed by atoms with Gasteiger partial charge in [-0.05, 0) is 66.9 Å². The van der Waals surface area contributed by atoms with Crippen molar-refractivity contribution < 1.29 is 29.0 Å². The number of ether oxygens (including phenoxy) is 2. The Bertz CT molecular complexity index is 1400. The first-order valence-corrected chi connectivity index (χ1v) is 12.1. The number of aliphatic hydroxyl groups is 1. The number of amides is 1. The number of carbonyl (C=O) groups excluding carboxylic acids is 3. The lowest BCUT2D eigenvalue weighted by Gasteiger charge is -2.25. The number of carbonyl (C=O) groups is 3. The summed E-state index contributed by atoms with van der Waals surface area (Å²) in [5.41, 5.74) is 3.10. The number of hydrogen-bond acceptors (Lipinski definition) is 7. The third-order valence-corrected chi connectivity index (χ3v) is 6.53. The van der Waals surface area contributed by atoms with Gasteiger partial charge in [-0.3, -0.25) is 14.6 Å².